The van der Waals surface area contributed by atoms with Crippen LogP contribution in [0.1, 0.15) is 64.4 Å². The zero-order valence-corrected chi connectivity index (χ0v) is 15.6. The Labute approximate surface area is 149 Å². The van der Waals surface area contributed by atoms with Gasteiger partial charge in [0.2, 0.25) is 0 Å². The third kappa shape index (κ3) is 3.73. The maximum Gasteiger partial charge on any atom is 0.173 e. The van der Waals surface area contributed by atoms with E-state index in [9.17, 15) is 4.39 Å². The number of likely N-dealkylation sites (tertiary alicyclic amines) is 1. The molecule has 25 heavy (non-hydrogen) atoms. The highest BCUT2D eigenvalue weighted by Gasteiger charge is 2.33. The highest BCUT2D eigenvalue weighted by Crippen LogP contribution is 2.33. The Hall–Kier alpha value is -1.82. The van der Waals surface area contributed by atoms with E-state index >= 15 is 0 Å². The van der Waals surface area contributed by atoms with Crippen LogP contribution in [0.4, 0.5) is 4.39 Å². The van der Waals surface area contributed by atoms with E-state index in [2.05, 4.69) is 48.1 Å². The second kappa shape index (κ2) is 7.20. The van der Waals surface area contributed by atoms with Crippen molar-refractivity contribution in [1.82, 2.24) is 25.1 Å². The first-order valence-electron chi connectivity index (χ1n) is 9.20. The van der Waals surface area contributed by atoms with Crippen LogP contribution in [0.3, 0.4) is 0 Å². The molecule has 0 N–H and O–H groups in total. The predicted octanol–water partition coefficient (Wildman–Crippen LogP) is 3.78. The molecule has 0 amide bonds. The normalized spacial score (nSPS) is 18.4. The van der Waals surface area contributed by atoms with Gasteiger partial charge in [-0.15, -0.1) is 5.10 Å². The minimum atomic E-state index is -0.219. The zero-order valence-electron chi connectivity index (χ0n) is 15.6. The summed E-state index contributed by atoms with van der Waals surface area (Å²) in [5, 5.41) is 12.6. The van der Waals surface area contributed by atoms with Gasteiger partial charge in [0.1, 0.15) is 5.82 Å². The lowest BCUT2D eigenvalue weighted by atomic mass is 9.94. The van der Waals surface area contributed by atoms with Gasteiger partial charge < -0.3 is 0 Å². The topological polar surface area (TPSA) is 46.8 Å². The number of aromatic nitrogens is 4. The van der Waals surface area contributed by atoms with Gasteiger partial charge in [-0.1, -0.05) is 26.0 Å². The molecular formula is C19H28FN5. The predicted molar refractivity (Wildman–Crippen MR) is 95.6 cm³/mol. The van der Waals surface area contributed by atoms with Crippen molar-refractivity contribution in [2.75, 3.05) is 13.1 Å². The summed E-state index contributed by atoms with van der Waals surface area (Å²) in [7, 11) is 0. The number of benzene rings is 1. The fraction of sp³-hybridized carbons (Fsp3) is 0.632. The van der Waals surface area contributed by atoms with Crippen LogP contribution in [0.25, 0.3) is 0 Å². The van der Waals surface area contributed by atoms with Gasteiger partial charge in [-0.2, -0.15) is 0 Å². The van der Waals surface area contributed by atoms with Crippen LogP contribution >= 0.6 is 0 Å². The number of halogens is 1. The van der Waals surface area contributed by atoms with Crippen molar-refractivity contribution in [2.45, 2.75) is 58.5 Å². The van der Waals surface area contributed by atoms with E-state index in [0.717, 1.165) is 49.7 Å². The molecule has 0 bridgehead atoms. The number of hydrogen-bond donors (Lipinski definition) is 0. The molecule has 0 spiro atoms. The van der Waals surface area contributed by atoms with Gasteiger partial charge in [0, 0.05) is 0 Å². The third-order valence-electron chi connectivity index (χ3n) is 5.55. The second-order valence-electron chi connectivity index (χ2n) is 7.79. The molecule has 136 valence electrons. The highest BCUT2D eigenvalue weighted by molar-refractivity contribution is 5.26. The van der Waals surface area contributed by atoms with E-state index in [0.29, 0.717) is 0 Å². The Morgan fingerprint density at radius 3 is 2.44 bits per heavy atom. The number of hydrogen-bond acceptors (Lipinski definition) is 4. The Kier molecular flexibility index (Phi) is 5.18. The fourth-order valence-electron chi connectivity index (χ4n) is 3.40. The van der Waals surface area contributed by atoms with Crippen LogP contribution in [0, 0.1) is 11.7 Å². The smallest absolute Gasteiger partial charge is 0.173 e. The van der Waals surface area contributed by atoms with Gasteiger partial charge >= 0.3 is 0 Å². The van der Waals surface area contributed by atoms with Crippen molar-refractivity contribution < 1.29 is 4.39 Å². The summed E-state index contributed by atoms with van der Waals surface area (Å²) in [5.74, 6) is 1.37. The summed E-state index contributed by atoms with van der Waals surface area (Å²) < 4.78 is 15.4. The first kappa shape index (κ1) is 18.0. The number of tetrazole rings is 1. The molecule has 1 aromatic carbocycles. The van der Waals surface area contributed by atoms with Gasteiger partial charge in [0.05, 0.1) is 11.6 Å². The molecular weight excluding hydrogens is 317 g/mol. The molecule has 1 aliphatic rings. The quantitative estimate of drug-likeness (QED) is 0.827. The molecule has 1 saturated heterocycles. The molecule has 1 atom stereocenters. The Morgan fingerprint density at radius 1 is 1.20 bits per heavy atom. The SMILES string of the molecule is CCC(C)(C)n1nnnc1[C@@H](c1ccc(F)cc1)N1CCC(C)CC1. The lowest BCUT2D eigenvalue weighted by Crippen LogP contribution is -2.40. The van der Waals surface area contributed by atoms with Crippen molar-refractivity contribution in [2.24, 2.45) is 5.92 Å². The molecule has 6 heteroatoms. The van der Waals surface area contributed by atoms with Crippen molar-refractivity contribution in [1.29, 1.82) is 0 Å². The van der Waals surface area contributed by atoms with Crippen molar-refractivity contribution in [3.05, 3.63) is 41.5 Å². The van der Waals surface area contributed by atoms with E-state index in [-0.39, 0.29) is 17.4 Å². The van der Waals surface area contributed by atoms with Crippen LogP contribution < -0.4 is 0 Å². The molecule has 3 rings (SSSR count). The average Bonchev–Trinajstić information content (AvgIpc) is 3.09. The third-order valence-corrected chi connectivity index (χ3v) is 5.55. The van der Waals surface area contributed by atoms with E-state index < -0.39 is 0 Å². The summed E-state index contributed by atoms with van der Waals surface area (Å²) in [4.78, 5) is 2.43. The fourth-order valence-corrected chi connectivity index (χ4v) is 3.40. The van der Waals surface area contributed by atoms with E-state index in [4.69, 9.17) is 0 Å². The van der Waals surface area contributed by atoms with Crippen molar-refractivity contribution in [3.8, 4) is 0 Å². The Balaban J connectivity index is 2.03. The van der Waals surface area contributed by atoms with Gasteiger partial charge in [0.25, 0.3) is 0 Å². The lowest BCUT2D eigenvalue weighted by Gasteiger charge is -2.37. The standard InChI is InChI=1S/C19H28FN5/c1-5-19(3,4)25-18(21-22-23-25)17(15-6-8-16(20)9-7-15)24-12-10-14(2)11-13-24/h6-9,14,17H,5,10-13H2,1-4H3/t17-/m1/s1. The number of piperidine rings is 1. The van der Waals surface area contributed by atoms with Crippen LogP contribution in [-0.2, 0) is 5.54 Å². The van der Waals surface area contributed by atoms with Crippen LogP contribution in [0.5, 0.6) is 0 Å². The summed E-state index contributed by atoms with van der Waals surface area (Å²) in [6.45, 7) is 10.7. The lowest BCUT2D eigenvalue weighted by molar-refractivity contribution is 0.143. The molecule has 0 saturated carbocycles. The van der Waals surface area contributed by atoms with Gasteiger partial charge in [-0.25, -0.2) is 9.07 Å². The molecule has 0 radical (unpaired) electrons. The maximum absolute atomic E-state index is 13.5. The Bertz CT molecular complexity index is 686. The number of nitrogens with zero attached hydrogens (tertiary/aromatic N) is 5. The molecule has 0 aliphatic carbocycles. The van der Waals surface area contributed by atoms with Gasteiger partial charge in [-0.3, -0.25) is 4.90 Å². The molecule has 0 unspecified atom stereocenters. The van der Waals surface area contributed by atoms with E-state index in [1.807, 2.05) is 16.8 Å². The number of rotatable bonds is 5. The first-order valence-corrected chi connectivity index (χ1v) is 9.20. The molecule has 2 heterocycles. The molecule has 5 nitrogen and oxygen atoms in total. The minimum Gasteiger partial charge on any atom is -0.290 e. The average molecular weight is 345 g/mol. The zero-order chi connectivity index (χ0) is 18.0. The summed E-state index contributed by atoms with van der Waals surface area (Å²) in [5.41, 5.74) is 0.874. The molecule has 1 aromatic heterocycles. The summed E-state index contributed by atoms with van der Waals surface area (Å²) >= 11 is 0. The molecule has 1 fully saturated rings. The van der Waals surface area contributed by atoms with Crippen LogP contribution in [-0.4, -0.2) is 38.2 Å². The van der Waals surface area contributed by atoms with Gasteiger partial charge in [0.15, 0.2) is 5.82 Å². The van der Waals surface area contributed by atoms with E-state index in [1.165, 1.54) is 12.1 Å². The molecule has 1 aliphatic heterocycles. The van der Waals surface area contributed by atoms with Crippen LogP contribution in [0.2, 0.25) is 0 Å². The Morgan fingerprint density at radius 2 is 1.84 bits per heavy atom. The monoisotopic (exact) mass is 345 g/mol. The minimum absolute atomic E-state index is 0.0473. The van der Waals surface area contributed by atoms with E-state index in [1.54, 1.807) is 0 Å². The summed E-state index contributed by atoms with van der Waals surface area (Å²) in [6.07, 6.45) is 3.26. The second-order valence-corrected chi connectivity index (χ2v) is 7.79. The van der Waals surface area contributed by atoms with Crippen molar-refractivity contribution >= 4 is 0 Å². The summed E-state index contributed by atoms with van der Waals surface area (Å²) in [6, 6.07) is 6.71. The highest BCUT2D eigenvalue weighted by atomic mass is 19.1. The largest absolute Gasteiger partial charge is 0.290 e. The van der Waals surface area contributed by atoms with Crippen LogP contribution in [0.15, 0.2) is 24.3 Å². The van der Waals surface area contributed by atoms with Gasteiger partial charge in [-0.05, 0) is 80.2 Å². The van der Waals surface area contributed by atoms with Crippen molar-refractivity contribution in [3.63, 3.8) is 0 Å². The molecule has 2 aromatic rings. The maximum atomic E-state index is 13.5. The first-order chi connectivity index (χ1) is 11.9.